The molecule has 6 nitrogen and oxygen atoms in total. The van der Waals surface area contributed by atoms with Crippen molar-refractivity contribution in [1.82, 2.24) is 20.2 Å². The zero-order valence-corrected chi connectivity index (χ0v) is 12.8. The van der Waals surface area contributed by atoms with E-state index in [2.05, 4.69) is 22.4 Å². The summed E-state index contributed by atoms with van der Waals surface area (Å²) >= 11 is 0. The largest absolute Gasteiger partial charge is 0.481 e. The molecule has 1 aliphatic rings. The van der Waals surface area contributed by atoms with Gasteiger partial charge in [0.2, 0.25) is 0 Å². The van der Waals surface area contributed by atoms with Crippen LogP contribution >= 0.6 is 0 Å². The lowest BCUT2D eigenvalue weighted by molar-refractivity contribution is -0.153. The van der Waals surface area contributed by atoms with E-state index in [-0.39, 0.29) is 5.41 Å². The second-order valence-electron chi connectivity index (χ2n) is 7.18. The fourth-order valence-corrected chi connectivity index (χ4v) is 2.89. The first-order valence-electron chi connectivity index (χ1n) is 7.25. The molecule has 0 spiro atoms. The standard InChI is InChI=1S/C14H24N4O2/c1-10-5-7-14(8-6-10,12(19)20)9-18-11(13(2,3)4)15-16-17-18/h10H,5-9H2,1-4H3,(H,19,20). The van der Waals surface area contributed by atoms with Gasteiger partial charge in [0.05, 0.1) is 12.0 Å². The van der Waals surface area contributed by atoms with Gasteiger partial charge in [0.15, 0.2) is 5.82 Å². The number of hydrogen-bond acceptors (Lipinski definition) is 4. The highest BCUT2D eigenvalue weighted by Gasteiger charge is 2.43. The third-order valence-electron chi connectivity index (χ3n) is 4.34. The molecule has 0 radical (unpaired) electrons. The topological polar surface area (TPSA) is 80.9 Å². The van der Waals surface area contributed by atoms with E-state index < -0.39 is 11.4 Å². The highest BCUT2D eigenvalue weighted by molar-refractivity contribution is 5.74. The first kappa shape index (κ1) is 14.9. The maximum absolute atomic E-state index is 11.8. The van der Waals surface area contributed by atoms with Gasteiger partial charge in [0.25, 0.3) is 0 Å². The molecule has 6 heteroatoms. The van der Waals surface area contributed by atoms with Gasteiger partial charge in [-0.25, -0.2) is 4.68 Å². The molecular weight excluding hydrogens is 256 g/mol. The number of rotatable bonds is 3. The summed E-state index contributed by atoms with van der Waals surface area (Å²) in [4.78, 5) is 11.8. The third-order valence-corrected chi connectivity index (χ3v) is 4.34. The molecule has 2 rings (SSSR count). The van der Waals surface area contributed by atoms with Gasteiger partial charge in [0, 0.05) is 5.41 Å². The van der Waals surface area contributed by atoms with Crippen LogP contribution in [0.4, 0.5) is 0 Å². The van der Waals surface area contributed by atoms with Crippen LogP contribution in [0.25, 0.3) is 0 Å². The van der Waals surface area contributed by atoms with Crippen LogP contribution in [-0.2, 0) is 16.8 Å². The van der Waals surface area contributed by atoms with Gasteiger partial charge >= 0.3 is 5.97 Å². The van der Waals surface area contributed by atoms with E-state index in [1.807, 2.05) is 20.8 Å². The minimum atomic E-state index is -0.722. The smallest absolute Gasteiger partial charge is 0.311 e. The number of carboxylic acids is 1. The van der Waals surface area contributed by atoms with Crippen LogP contribution in [0.5, 0.6) is 0 Å². The lowest BCUT2D eigenvalue weighted by Gasteiger charge is -2.36. The average Bonchev–Trinajstić information content (AvgIpc) is 2.80. The summed E-state index contributed by atoms with van der Waals surface area (Å²) < 4.78 is 1.68. The predicted molar refractivity (Wildman–Crippen MR) is 74.2 cm³/mol. The maximum Gasteiger partial charge on any atom is 0.311 e. The molecule has 0 amide bonds. The SMILES string of the molecule is CC1CCC(Cn2nnnc2C(C)(C)C)(C(=O)O)CC1. The van der Waals surface area contributed by atoms with E-state index in [0.717, 1.165) is 18.7 Å². The number of aromatic nitrogens is 4. The molecule has 1 aromatic heterocycles. The summed E-state index contributed by atoms with van der Waals surface area (Å²) in [5.41, 5.74) is -0.910. The lowest BCUT2D eigenvalue weighted by atomic mass is 9.70. The van der Waals surface area contributed by atoms with Crippen LogP contribution in [0.2, 0.25) is 0 Å². The van der Waals surface area contributed by atoms with E-state index in [1.54, 1.807) is 4.68 Å². The molecular formula is C14H24N4O2. The van der Waals surface area contributed by atoms with Crippen LogP contribution in [0.3, 0.4) is 0 Å². The summed E-state index contributed by atoms with van der Waals surface area (Å²) in [6, 6.07) is 0. The molecule has 1 aromatic rings. The number of hydrogen-bond donors (Lipinski definition) is 1. The molecule has 1 fully saturated rings. The summed E-state index contributed by atoms with van der Waals surface area (Å²) in [5.74, 6) is 0.634. The summed E-state index contributed by atoms with van der Waals surface area (Å²) in [6.07, 6.45) is 3.32. The van der Waals surface area contributed by atoms with Gasteiger partial charge in [-0.3, -0.25) is 4.79 Å². The molecule has 0 saturated heterocycles. The van der Waals surface area contributed by atoms with E-state index in [9.17, 15) is 9.90 Å². The van der Waals surface area contributed by atoms with Crippen molar-refractivity contribution < 1.29 is 9.90 Å². The first-order valence-corrected chi connectivity index (χ1v) is 7.25. The zero-order valence-electron chi connectivity index (χ0n) is 12.8. The Bertz CT molecular complexity index is 482. The Morgan fingerprint density at radius 1 is 1.40 bits per heavy atom. The highest BCUT2D eigenvalue weighted by Crippen LogP contribution is 2.40. The zero-order chi connectivity index (χ0) is 15.0. The molecule has 1 N–H and O–H groups in total. The van der Waals surface area contributed by atoms with Crippen molar-refractivity contribution in [3.8, 4) is 0 Å². The van der Waals surface area contributed by atoms with Gasteiger partial charge in [0.1, 0.15) is 0 Å². The third kappa shape index (κ3) is 2.83. The van der Waals surface area contributed by atoms with Gasteiger partial charge < -0.3 is 5.11 Å². The molecule has 0 aliphatic heterocycles. The summed E-state index contributed by atoms with van der Waals surface area (Å²) in [7, 11) is 0. The van der Waals surface area contributed by atoms with Crippen molar-refractivity contribution in [2.45, 2.75) is 65.3 Å². The first-order chi connectivity index (χ1) is 9.24. The molecule has 1 heterocycles. The van der Waals surface area contributed by atoms with Crippen LogP contribution in [0, 0.1) is 11.3 Å². The van der Waals surface area contributed by atoms with E-state index in [4.69, 9.17) is 0 Å². The van der Waals surface area contributed by atoms with Crippen LogP contribution in [0.1, 0.15) is 59.2 Å². The molecule has 1 saturated carbocycles. The van der Waals surface area contributed by atoms with Gasteiger partial charge in [-0.15, -0.1) is 5.10 Å². The molecule has 1 aliphatic carbocycles. The average molecular weight is 280 g/mol. The van der Waals surface area contributed by atoms with E-state index in [0.29, 0.717) is 25.3 Å². The minimum Gasteiger partial charge on any atom is -0.481 e. The Morgan fingerprint density at radius 3 is 2.50 bits per heavy atom. The molecule has 20 heavy (non-hydrogen) atoms. The van der Waals surface area contributed by atoms with Crippen LogP contribution < -0.4 is 0 Å². The van der Waals surface area contributed by atoms with E-state index in [1.165, 1.54) is 0 Å². The Kier molecular flexibility index (Phi) is 3.84. The molecule has 0 bridgehead atoms. The molecule has 112 valence electrons. The normalized spacial score (nSPS) is 27.5. The number of nitrogens with zero attached hydrogens (tertiary/aromatic N) is 4. The number of carbonyl (C=O) groups is 1. The van der Waals surface area contributed by atoms with Crippen LogP contribution in [-0.4, -0.2) is 31.3 Å². The van der Waals surface area contributed by atoms with Crippen LogP contribution in [0.15, 0.2) is 0 Å². The second-order valence-corrected chi connectivity index (χ2v) is 7.18. The van der Waals surface area contributed by atoms with Crippen molar-refractivity contribution in [3.05, 3.63) is 5.82 Å². The fraction of sp³-hybridized carbons (Fsp3) is 0.857. The molecule has 0 atom stereocenters. The minimum absolute atomic E-state index is 0.189. The highest BCUT2D eigenvalue weighted by atomic mass is 16.4. The van der Waals surface area contributed by atoms with Crippen molar-refractivity contribution in [2.24, 2.45) is 11.3 Å². The van der Waals surface area contributed by atoms with Gasteiger partial charge in [-0.1, -0.05) is 27.7 Å². The second kappa shape index (κ2) is 5.14. The molecule has 0 unspecified atom stereocenters. The fourth-order valence-electron chi connectivity index (χ4n) is 2.89. The van der Waals surface area contributed by atoms with Crippen molar-refractivity contribution in [1.29, 1.82) is 0 Å². The number of aliphatic carboxylic acids is 1. The van der Waals surface area contributed by atoms with E-state index >= 15 is 0 Å². The summed E-state index contributed by atoms with van der Waals surface area (Å²) in [6.45, 7) is 8.65. The van der Waals surface area contributed by atoms with Crippen molar-refractivity contribution in [2.75, 3.05) is 0 Å². The van der Waals surface area contributed by atoms with Gasteiger partial charge in [-0.2, -0.15) is 0 Å². The monoisotopic (exact) mass is 280 g/mol. The Hall–Kier alpha value is -1.46. The number of tetrazole rings is 1. The molecule has 0 aromatic carbocycles. The van der Waals surface area contributed by atoms with Crippen molar-refractivity contribution >= 4 is 5.97 Å². The predicted octanol–water partition coefficient (Wildman–Crippen LogP) is 2.25. The Labute approximate surface area is 119 Å². The van der Waals surface area contributed by atoms with Gasteiger partial charge in [-0.05, 0) is 42.0 Å². The Balaban J connectivity index is 2.26. The van der Waals surface area contributed by atoms with Crippen molar-refractivity contribution in [3.63, 3.8) is 0 Å². The Morgan fingerprint density at radius 2 is 2.00 bits per heavy atom. The quantitative estimate of drug-likeness (QED) is 0.918. The number of carboxylic acid groups (broad SMARTS) is 1. The lowest BCUT2D eigenvalue weighted by Crippen LogP contribution is -2.40. The maximum atomic E-state index is 11.8. The summed E-state index contributed by atoms with van der Waals surface area (Å²) in [5, 5.41) is 21.5.